The average molecular weight is 569 g/mol. The number of rotatable bonds is 10. The minimum Gasteiger partial charge on any atom is -0.345 e. The number of likely N-dealkylation sites (N-methyl/N-ethyl adjacent to an activating group) is 2. The summed E-state index contributed by atoms with van der Waals surface area (Å²) in [5.41, 5.74) is 2.42. The van der Waals surface area contributed by atoms with Gasteiger partial charge >= 0.3 is 0 Å². The van der Waals surface area contributed by atoms with E-state index in [0.717, 1.165) is 50.0 Å². The van der Waals surface area contributed by atoms with Gasteiger partial charge in [0.15, 0.2) is 0 Å². The number of hydrogen-bond acceptors (Lipinski definition) is 4. The van der Waals surface area contributed by atoms with Crippen molar-refractivity contribution in [1.82, 2.24) is 19.3 Å². The molecule has 1 aliphatic rings. The molecular weight excluding hydrogens is 531 g/mol. The second-order valence-electron chi connectivity index (χ2n) is 10.7. The summed E-state index contributed by atoms with van der Waals surface area (Å²) in [6.07, 6.45) is 4.24. The lowest BCUT2D eigenvalue weighted by Gasteiger charge is -2.32. The number of ketones is 1. The zero-order valence-corrected chi connectivity index (χ0v) is 24.5. The lowest BCUT2D eigenvalue weighted by Crippen LogP contribution is -2.39. The highest BCUT2D eigenvalue weighted by Gasteiger charge is 2.28. The van der Waals surface area contributed by atoms with E-state index in [1.165, 1.54) is 17.0 Å². The summed E-state index contributed by atoms with van der Waals surface area (Å²) < 4.78 is 15.2. The molecule has 4 rings (SSSR count). The van der Waals surface area contributed by atoms with E-state index in [-0.39, 0.29) is 17.3 Å². The average Bonchev–Trinajstić information content (AvgIpc) is 3.30. The van der Waals surface area contributed by atoms with Gasteiger partial charge in [-0.25, -0.2) is 4.39 Å². The number of benzene rings is 2. The summed E-state index contributed by atoms with van der Waals surface area (Å²) in [7, 11) is 3.09. The van der Waals surface area contributed by atoms with Crippen LogP contribution in [-0.2, 0) is 17.8 Å². The third kappa shape index (κ3) is 6.56. The van der Waals surface area contributed by atoms with Crippen molar-refractivity contribution in [3.63, 3.8) is 0 Å². The second kappa shape index (κ2) is 13.0. The van der Waals surface area contributed by atoms with Crippen molar-refractivity contribution in [1.29, 1.82) is 0 Å². The van der Waals surface area contributed by atoms with Crippen LogP contribution in [0.3, 0.4) is 0 Å². The highest BCUT2D eigenvalue weighted by Crippen LogP contribution is 2.31. The lowest BCUT2D eigenvalue weighted by atomic mass is 9.90. The van der Waals surface area contributed by atoms with E-state index in [9.17, 15) is 18.8 Å². The zero-order valence-electron chi connectivity index (χ0n) is 23.8. The smallest absolute Gasteiger partial charge is 0.294 e. The highest BCUT2D eigenvalue weighted by molar-refractivity contribution is 6.45. The molecule has 1 saturated heterocycles. The number of carbonyl (C=O) groups excluding carboxylic acids is 3. The van der Waals surface area contributed by atoms with Gasteiger partial charge in [-0.15, -0.1) is 0 Å². The van der Waals surface area contributed by atoms with Crippen LogP contribution in [0.4, 0.5) is 4.39 Å². The summed E-state index contributed by atoms with van der Waals surface area (Å²) in [6, 6.07) is 10.0. The molecule has 0 radical (unpaired) electrons. The molecule has 7 nitrogen and oxygen atoms in total. The molecule has 1 fully saturated rings. The van der Waals surface area contributed by atoms with Gasteiger partial charge in [-0.1, -0.05) is 37.6 Å². The molecule has 0 saturated carbocycles. The number of halogens is 2. The number of carbonyl (C=O) groups is 3. The molecule has 3 aromatic rings. The molecular formula is C31H38ClFN4O3. The molecule has 1 aliphatic heterocycles. The Morgan fingerprint density at radius 3 is 2.25 bits per heavy atom. The van der Waals surface area contributed by atoms with Crippen molar-refractivity contribution in [2.75, 3.05) is 46.8 Å². The normalized spacial score (nSPS) is 14.2. The second-order valence-corrected chi connectivity index (χ2v) is 11.1. The van der Waals surface area contributed by atoms with E-state index in [2.05, 4.69) is 18.7 Å². The maximum atomic E-state index is 13.6. The maximum absolute atomic E-state index is 13.6. The van der Waals surface area contributed by atoms with Crippen LogP contribution in [0.25, 0.3) is 10.9 Å². The predicted octanol–water partition coefficient (Wildman–Crippen LogP) is 5.14. The van der Waals surface area contributed by atoms with Crippen LogP contribution in [0.5, 0.6) is 0 Å². The van der Waals surface area contributed by atoms with E-state index < -0.39 is 11.7 Å². The lowest BCUT2D eigenvalue weighted by molar-refractivity contribution is -0.124. The van der Waals surface area contributed by atoms with Gasteiger partial charge in [0.05, 0.1) is 21.7 Å². The Morgan fingerprint density at radius 1 is 1.00 bits per heavy atom. The molecule has 0 unspecified atom stereocenters. The van der Waals surface area contributed by atoms with Crippen molar-refractivity contribution in [3.8, 4) is 0 Å². The first-order valence-electron chi connectivity index (χ1n) is 14.0. The van der Waals surface area contributed by atoms with Gasteiger partial charge in [-0.2, -0.15) is 0 Å². The zero-order chi connectivity index (χ0) is 29.0. The molecule has 9 heteroatoms. The van der Waals surface area contributed by atoms with Gasteiger partial charge in [0.2, 0.25) is 0 Å². The minimum absolute atomic E-state index is 0.180. The Morgan fingerprint density at radius 2 is 1.65 bits per heavy atom. The quantitative estimate of drug-likeness (QED) is 0.251. The maximum Gasteiger partial charge on any atom is 0.294 e. The first-order chi connectivity index (χ1) is 19.1. The number of aromatic nitrogens is 1. The third-order valence-corrected chi connectivity index (χ3v) is 8.25. The number of Topliss-reactive ketones (excluding diaryl/α,β-unsaturated/α-hetero) is 1. The van der Waals surface area contributed by atoms with Crippen LogP contribution in [-0.4, -0.2) is 83.7 Å². The molecule has 2 aromatic carbocycles. The Kier molecular flexibility index (Phi) is 9.64. The molecule has 2 amide bonds. The Labute approximate surface area is 240 Å². The molecule has 2 heterocycles. The molecule has 0 aliphatic carbocycles. The van der Waals surface area contributed by atoms with Crippen molar-refractivity contribution >= 4 is 40.1 Å². The Hall–Kier alpha value is -3.23. The van der Waals surface area contributed by atoms with Crippen molar-refractivity contribution < 1.29 is 18.8 Å². The van der Waals surface area contributed by atoms with Crippen LogP contribution in [0.2, 0.25) is 5.02 Å². The number of piperidine rings is 1. The number of amides is 2. The highest BCUT2D eigenvalue weighted by atomic mass is 35.5. The third-order valence-electron chi connectivity index (χ3n) is 7.94. The van der Waals surface area contributed by atoms with Crippen LogP contribution < -0.4 is 0 Å². The summed E-state index contributed by atoms with van der Waals surface area (Å²) in [6.45, 7) is 8.58. The molecule has 0 atom stereocenters. The fraction of sp³-hybridized carbons (Fsp3) is 0.452. The van der Waals surface area contributed by atoms with E-state index in [0.29, 0.717) is 41.5 Å². The van der Waals surface area contributed by atoms with Gasteiger partial charge in [0.25, 0.3) is 17.6 Å². The predicted molar refractivity (Wildman–Crippen MR) is 156 cm³/mol. The van der Waals surface area contributed by atoms with Crippen molar-refractivity contribution in [2.45, 2.75) is 39.7 Å². The van der Waals surface area contributed by atoms with Gasteiger partial charge in [-0.3, -0.25) is 14.4 Å². The first-order valence-corrected chi connectivity index (χ1v) is 14.3. The van der Waals surface area contributed by atoms with Crippen molar-refractivity contribution in [2.24, 2.45) is 5.92 Å². The van der Waals surface area contributed by atoms with Gasteiger partial charge < -0.3 is 19.3 Å². The number of nitrogens with zero attached hydrogens (tertiary/aromatic N) is 4. The Bertz CT molecular complexity index is 1370. The summed E-state index contributed by atoms with van der Waals surface area (Å²) in [5, 5.41) is 0.879. The first kappa shape index (κ1) is 29.7. The van der Waals surface area contributed by atoms with E-state index >= 15 is 0 Å². The number of hydrogen-bond donors (Lipinski definition) is 0. The summed E-state index contributed by atoms with van der Waals surface area (Å²) in [4.78, 5) is 44.7. The molecule has 214 valence electrons. The largest absolute Gasteiger partial charge is 0.345 e. The monoisotopic (exact) mass is 568 g/mol. The summed E-state index contributed by atoms with van der Waals surface area (Å²) >= 11 is 6.70. The van der Waals surface area contributed by atoms with Crippen LogP contribution in [0, 0.1) is 11.7 Å². The minimum atomic E-state index is -0.617. The topological polar surface area (TPSA) is 65.9 Å². The molecule has 0 N–H and O–H groups in total. The molecule has 40 heavy (non-hydrogen) atoms. The SMILES string of the molecule is CCN(CC)CCn1cc(C(=O)C(=O)N(C)C)c2cc(C(=O)N3CCC(Cc4ccc(F)cc4)CC3)c(Cl)cc21. The number of fused-ring (bicyclic) bond motifs is 1. The molecule has 0 bridgehead atoms. The fourth-order valence-electron chi connectivity index (χ4n) is 5.41. The van der Waals surface area contributed by atoms with Gasteiger partial charge in [-0.05, 0) is 68.1 Å². The number of likely N-dealkylation sites (tertiary alicyclic amines) is 1. The molecule has 1 aromatic heterocycles. The molecule has 0 spiro atoms. The van der Waals surface area contributed by atoms with E-state index in [4.69, 9.17) is 11.6 Å². The van der Waals surface area contributed by atoms with Gasteiger partial charge in [0.1, 0.15) is 5.82 Å². The summed E-state index contributed by atoms with van der Waals surface area (Å²) in [5.74, 6) is -1.24. The van der Waals surface area contributed by atoms with Gasteiger partial charge in [0, 0.05) is 51.9 Å². The van der Waals surface area contributed by atoms with Crippen LogP contribution >= 0.6 is 11.6 Å². The fourth-order valence-corrected chi connectivity index (χ4v) is 5.65. The standard InChI is InChI=1S/C31H38ClFN4O3/c1-5-35(6-2)15-16-37-20-26(29(38)31(40)34(3)4)24-18-25(27(32)19-28(24)37)30(39)36-13-11-22(12-14-36)17-21-7-9-23(33)10-8-21/h7-10,18-20,22H,5-6,11-17H2,1-4H3. The Balaban J connectivity index is 1.58. The van der Waals surface area contributed by atoms with E-state index in [1.807, 2.05) is 16.7 Å². The van der Waals surface area contributed by atoms with Crippen LogP contribution in [0.15, 0.2) is 42.6 Å². The van der Waals surface area contributed by atoms with Crippen molar-refractivity contribution in [3.05, 3.63) is 70.1 Å². The van der Waals surface area contributed by atoms with E-state index in [1.54, 1.807) is 37.3 Å². The van der Waals surface area contributed by atoms with Crippen LogP contribution in [0.1, 0.15) is 53.0 Å².